The predicted octanol–water partition coefficient (Wildman–Crippen LogP) is 4.74. The molecule has 0 radical (unpaired) electrons. The van der Waals surface area contributed by atoms with Gasteiger partial charge in [-0.05, 0) is 17.8 Å². The van der Waals surface area contributed by atoms with Crippen LogP contribution in [0, 0.1) is 17.8 Å². The van der Waals surface area contributed by atoms with Crippen molar-refractivity contribution in [2.24, 2.45) is 17.8 Å². The Balaban J connectivity index is 0. The van der Waals surface area contributed by atoms with Gasteiger partial charge in [-0.2, -0.15) is 0 Å². The number of rotatable bonds is 3. The maximum atomic E-state index is 2.33. The van der Waals surface area contributed by atoms with E-state index in [0.717, 1.165) is 17.8 Å². The molecule has 0 fully saturated rings. The average molecular weight is 172 g/mol. The Morgan fingerprint density at radius 1 is 0.667 bits per heavy atom. The Hall–Kier alpha value is 0. The first-order valence-electron chi connectivity index (χ1n) is 5.45. The van der Waals surface area contributed by atoms with Crippen molar-refractivity contribution in [3.05, 3.63) is 0 Å². The highest BCUT2D eigenvalue weighted by Crippen LogP contribution is 2.16. The minimum atomic E-state index is 0.833. The summed E-state index contributed by atoms with van der Waals surface area (Å²) in [5, 5.41) is 0. The van der Waals surface area contributed by atoms with Crippen LogP contribution in [0.1, 0.15) is 61.3 Å². The monoisotopic (exact) mass is 172 g/mol. The van der Waals surface area contributed by atoms with Crippen molar-refractivity contribution in [2.45, 2.75) is 61.3 Å². The molecular weight excluding hydrogens is 144 g/mol. The van der Waals surface area contributed by atoms with Crippen molar-refractivity contribution in [1.82, 2.24) is 0 Å². The summed E-state index contributed by atoms with van der Waals surface area (Å²) in [6.45, 7) is 15.7. The van der Waals surface area contributed by atoms with Crippen LogP contribution in [0.3, 0.4) is 0 Å². The lowest BCUT2D eigenvalue weighted by molar-refractivity contribution is 0.367. The Bertz CT molecular complexity index is 63.4. The van der Waals surface area contributed by atoms with Gasteiger partial charge in [0.1, 0.15) is 0 Å². The molecule has 2 atom stereocenters. The highest BCUT2D eigenvalue weighted by atomic mass is 14.1. The molecule has 0 aliphatic rings. The zero-order chi connectivity index (χ0) is 10.1. The van der Waals surface area contributed by atoms with Crippen LogP contribution in [0.15, 0.2) is 0 Å². The van der Waals surface area contributed by atoms with Gasteiger partial charge in [-0.15, -0.1) is 0 Å². The second-order valence-corrected chi connectivity index (χ2v) is 4.50. The molecule has 0 nitrogen and oxygen atoms in total. The lowest BCUT2D eigenvalue weighted by Crippen LogP contribution is -2.04. The molecule has 0 rings (SSSR count). The van der Waals surface area contributed by atoms with Gasteiger partial charge < -0.3 is 0 Å². The molecule has 0 aliphatic carbocycles. The molecule has 0 heteroatoms. The van der Waals surface area contributed by atoms with Crippen molar-refractivity contribution < 1.29 is 0 Å². The first-order valence-corrected chi connectivity index (χ1v) is 5.45. The van der Waals surface area contributed by atoms with Crippen LogP contribution in [0.4, 0.5) is 0 Å². The molecular formula is C12H28. The fraction of sp³-hybridized carbons (Fsp3) is 1.00. The smallest absolute Gasteiger partial charge is 0.0420 e. The van der Waals surface area contributed by atoms with Crippen LogP contribution in [0.25, 0.3) is 0 Å². The molecule has 0 aromatic rings. The summed E-state index contributed by atoms with van der Waals surface area (Å²) in [5.74, 6) is 2.67. The summed E-state index contributed by atoms with van der Waals surface area (Å²) in [5.41, 5.74) is 0. The number of hydrogen-bond acceptors (Lipinski definition) is 0. The van der Waals surface area contributed by atoms with Crippen LogP contribution in [0.2, 0.25) is 0 Å². The standard InChI is InChI=1S/C8H18.C4H10/c1-5-7(3)8(4)6-2;1-4(2)3/h7-8H,5-6H2,1-4H3;4H,1-3H3. The zero-order valence-electron chi connectivity index (χ0n) is 10.1. The Morgan fingerprint density at radius 2 is 0.833 bits per heavy atom. The second kappa shape index (κ2) is 9.09. The third-order valence-electron chi connectivity index (χ3n) is 2.26. The first-order chi connectivity index (χ1) is 5.45. The van der Waals surface area contributed by atoms with Gasteiger partial charge in [-0.1, -0.05) is 61.3 Å². The molecule has 0 saturated heterocycles. The van der Waals surface area contributed by atoms with Gasteiger partial charge in [0, 0.05) is 0 Å². The van der Waals surface area contributed by atoms with Gasteiger partial charge in [-0.3, -0.25) is 0 Å². The molecule has 0 heterocycles. The Labute approximate surface area is 79.8 Å². The van der Waals surface area contributed by atoms with E-state index in [0.29, 0.717) is 0 Å². The van der Waals surface area contributed by atoms with Gasteiger partial charge in [0.2, 0.25) is 0 Å². The van der Waals surface area contributed by atoms with Crippen molar-refractivity contribution in [1.29, 1.82) is 0 Å². The average Bonchev–Trinajstić information content (AvgIpc) is 2.00. The molecule has 76 valence electrons. The summed E-state index contributed by atoms with van der Waals surface area (Å²) < 4.78 is 0. The third kappa shape index (κ3) is 12.7. The molecule has 0 N–H and O–H groups in total. The quantitative estimate of drug-likeness (QED) is 0.577. The lowest BCUT2D eigenvalue weighted by atomic mass is 9.92. The summed E-state index contributed by atoms with van der Waals surface area (Å²) in [6, 6.07) is 0. The van der Waals surface area contributed by atoms with Gasteiger partial charge >= 0.3 is 0 Å². The topological polar surface area (TPSA) is 0 Å². The van der Waals surface area contributed by atoms with Crippen molar-refractivity contribution in [3.63, 3.8) is 0 Å². The van der Waals surface area contributed by atoms with E-state index >= 15 is 0 Å². The maximum Gasteiger partial charge on any atom is -0.0420 e. The molecule has 0 amide bonds. The fourth-order valence-electron chi connectivity index (χ4n) is 0.805. The summed E-state index contributed by atoms with van der Waals surface area (Å²) >= 11 is 0. The van der Waals surface area contributed by atoms with Crippen LogP contribution in [-0.4, -0.2) is 0 Å². The molecule has 0 bridgehead atoms. The van der Waals surface area contributed by atoms with E-state index in [-0.39, 0.29) is 0 Å². The van der Waals surface area contributed by atoms with Crippen molar-refractivity contribution in [3.8, 4) is 0 Å². The minimum Gasteiger partial charge on any atom is -0.0651 e. The largest absolute Gasteiger partial charge is 0.0651 e. The van der Waals surface area contributed by atoms with Crippen LogP contribution < -0.4 is 0 Å². The van der Waals surface area contributed by atoms with Crippen LogP contribution >= 0.6 is 0 Å². The lowest BCUT2D eigenvalue weighted by Gasteiger charge is -2.14. The summed E-state index contributed by atoms with van der Waals surface area (Å²) in [4.78, 5) is 0. The van der Waals surface area contributed by atoms with E-state index in [1.165, 1.54) is 12.8 Å². The molecule has 0 aromatic carbocycles. The fourth-order valence-corrected chi connectivity index (χ4v) is 0.805. The van der Waals surface area contributed by atoms with E-state index in [4.69, 9.17) is 0 Å². The SMILES string of the molecule is CC(C)C.CCC(C)C(C)CC. The van der Waals surface area contributed by atoms with Crippen LogP contribution in [0.5, 0.6) is 0 Å². The van der Waals surface area contributed by atoms with Gasteiger partial charge in [0.25, 0.3) is 0 Å². The van der Waals surface area contributed by atoms with Crippen LogP contribution in [-0.2, 0) is 0 Å². The van der Waals surface area contributed by atoms with E-state index in [2.05, 4.69) is 48.5 Å². The molecule has 0 saturated carbocycles. The molecule has 12 heavy (non-hydrogen) atoms. The molecule has 2 unspecified atom stereocenters. The minimum absolute atomic E-state index is 0.833. The highest BCUT2D eigenvalue weighted by Gasteiger charge is 2.05. The maximum absolute atomic E-state index is 2.33. The molecule has 0 aliphatic heterocycles. The normalized spacial score (nSPS) is 15.0. The third-order valence-corrected chi connectivity index (χ3v) is 2.26. The second-order valence-electron chi connectivity index (χ2n) is 4.50. The van der Waals surface area contributed by atoms with Gasteiger partial charge in [0.05, 0.1) is 0 Å². The van der Waals surface area contributed by atoms with E-state index in [9.17, 15) is 0 Å². The predicted molar refractivity (Wildman–Crippen MR) is 59.4 cm³/mol. The van der Waals surface area contributed by atoms with Crippen molar-refractivity contribution >= 4 is 0 Å². The van der Waals surface area contributed by atoms with Crippen molar-refractivity contribution in [2.75, 3.05) is 0 Å². The van der Waals surface area contributed by atoms with Gasteiger partial charge in [0.15, 0.2) is 0 Å². The highest BCUT2D eigenvalue weighted by molar-refractivity contribution is 4.56. The molecule has 0 spiro atoms. The Kier molecular flexibility index (Phi) is 11.0. The first kappa shape index (κ1) is 14.5. The summed E-state index contributed by atoms with van der Waals surface area (Å²) in [6.07, 6.45) is 2.66. The molecule has 0 aromatic heterocycles. The number of hydrogen-bond donors (Lipinski definition) is 0. The van der Waals surface area contributed by atoms with E-state index in [1.807, 2.05) is 0 Å². The van der Waals surface area contributed by atoms with E-state index < -0.39 is 0 Å². The van der Waals surface area contributed by atoms with Gasteiger partial charge in [-0.25, -0.2) is 0 Å². The Morgan fingerprint density at radius 3 is 0.917 bits per heavy atom. The van der Waals surface area contributed by atoms with E-state index in [1.54, 1.807) is 0 Å². The zero-order valence-corrected chi connectivity index (χ0v) is 10.1. The summed E-state index contributed by atoms with van der Waals surface area (Å²) in [7, 11) is 0.